The summed E-state index contributed by atoms with van der Waals surface area (Å²) in [6.45, 7) is 1.63. The number of amides is 2. The number of likely N-dealkylation sites (tertiary alicyclic amines) is 1. The molecule has 31 heavy (non-hydrogen) atoms. The second kappa shape index (κ2) is 9.34. The van der Waals surface area contributed by atoms with Crippen molar-refractivity contribution in [1.29, 1.82) is 0 Å². The fourth-order valence-electron chi connectivity index (χ4n) is 3.58. The molecule has 0 spiro atoms. The number of nitrogens with one attached hydrogen (secondary N) is 1. The minimum atomic E-state index is -0.853. The molecule has 1 fully saturated rings. The van der Waals surface area contributed by atoms with Gasteiger partial charge in [-0.3, -0.25) is 14.4 Å². The van der Waals surface area contributed by atoms with Gasteiger partial charge >= 0.3 is 0 Å². The van der Waals surface area contributed by atoms with Crippen molar-refractivity contribution in [2.24, 2.45) is 0 Å². The largest absolute Gasteiger partial charge is 0.507 e. The fourth-order valence-corrected chi connectivity index (χ4v) is 3.58. The lowest BCUT2D eigenvalue weighted by molar-refractivity contribution is -0.140. The molecular weight excluding hydrogens is 400 g/mol. The normalized spacial score (nSPS) is 17.5. The molecule has 1 saturated heterocycles. The number of hydrogen-bond acceptors (Lipinski definition) is 6. The summed E-state index contributed by atoms with van der Waals surface area (Å²) < 4.78 is 10.6. The monoisotopic (exact) mass is 424 g/mol. The van der Waals surface area contributed by atoms with Gasteiger partial charge in [-0.15, -0.1) is 0 Å². The molecule has 0 bridgehead atoms. The van der Waals surface area contributed by atoms with Gasteiger partial charge in [-0.1, -0.05) is 36.4 Å². The molecule has 2 N–H and O–H groups in total. The van der Waals surface area contributed by atoms with Crippen LogP contribution >= 0.6 is 0 Å². The van der Waals surface area contributed by atoms with Crippen molar-refractivity contribution in [3.05, 3.63) is 65.2 Å². The number of aliphatic hydroxyl groups is 1. The Morgan fingerprint density at radius 2 is 1.74 bits per heavy atom. The number of hydrogen-bond donors (Lipinski definition) is 2. The standard InChI is InChI=1S/C23H24N2O6/c1-14(26)24-11-12-25-20(16-9-10-17(30-2)18(13-16)31-3)19(22(28)23(25)29)21(27)15-7-5-4-6-8-15/h4-10,13,20,27H,11-12H2,1-3H3,(H,24,26). The molecule has 0 aliphatic carbocycles. The maximum Gasteiger partial charge on any atom is 0.295 e. The van der Waals surface area contributed by atoms with E-state index in [1.54, 1.807) is 48.5 Å². The molecule has 1 unspecified atom stereocenters. The van der Waals surface area contributed by atoms with Crippen LogP contribution in [0.1, 0.15) is 24.1 Å². The van der Waals surface area contributed by atoms with Gasteiger partial charge in [0.05, 0.1) is 25.8 Å². The molecule has 1 heterocycles. The number of aliphatic hydroxyl groups excluding tert-OH is 1. The highest BCUT2D eigenvalue weighted by atomic mass is 16.5. The summed E-state index contributed by atoms with van der Waals surface area (Å²) in [5.74, 6) is -1.13. The number of carbonyl (C=O) groups excluding carboxylic acids is 3. The van der Waals surface area contributed by atoms with E-state index < -0.39 is 17.7 Å². The van der Waals surface area contributed by atoms with E-state index in [1.807, 2.05) is 0 Å². The zero-order valence-electron chi connectivity index (χ0n) is 17.5. The van der Waals surface area contributed by atoms with Gasteiger partial charge in [0, 0.05) is 25.6 Å². The van der Waals surface area contributed by atoms with E-state index in [4.69, 9.17) is 9.47 Å². The number of ether oxygens (including phenoxy) is 2. The summed E-state index contributed by atoms with van der Waals surface area (Å²) in [5, 5.41) is 13.6. The Morgan fingerprint density at radius 1 is 1.06 bits per heavy atom. The van der Waals surface area contributed by atoms with Crippen molar-refractivity contribution in [2.75, 3.05) is 27.3 Å². The molecule has 162 valence electrons. The van der Waals surface area contributed by atoms with Crippen molar-refractivity contribution >= 4 is 23.4 Å². The molecule has 8 nitrogen and oxygen atoms in total. The molecule has 0 saturated carbocycles. The van der Waals surface area contributed by atoms with Crippen LogP contribution in [0.5, 0.6) is 11.5 Å². The molecule has 0 radical (unpaired) electrons. The lowest BCUT2D eigenvalue weighted by atomic mass is 9.95. The number of Topliss-reactive ketones (excluding diaryl/α,β-unsaturated/α-hetero) is 1. The Balaban J connectivity index is 2.14. The average molecular weight is 424 g/mol. The molecule has 1 atom stereocenters. The van der Waals surface area contributed by atoms with Gasteiger partial charge < -0.3 is 24.8 Å². The molecule has 2 aromatic rings. The van der Waals surface area contributed by atoms with Crippen molar-refractivity contribution in [1.82, 2.24) is 10.2 Å². The summed E-state index contributed by atoms with van der Waals surface area (Å²) in [4.78, 5) is 38.4. The molecule has 3 rings (SSSR count). The molecule has 8 heteroatoms. The number of rotatable bonds is 7. The van der Waals surface area contributed by atoms with Gasteiger partial charge in [0.2, 0.25) is 5.91 Å². The van der Waals surface area contributed by atoms with Gasteiger partial charge in [0.15, 0.2) is 11.5 Å². The van der Waals surface area contributed by atoms with Gasteiger partial charge in [-0.25, -0.2) is 0 Å². The van der Waals surface area contributed by atoms with Crippen molar-refractivity contribution in [3.63, 3.8) is 0 Å². The Hall–Kier alpha value is -3.81. The summed E-state index contributed by atoms with van der Waals surface area (Å²) in [6, 6.07) is 12.8. The first-order valence-corrected chi connectivity index (χ1v) is 9.69. The highest BCUT2D eigenvalue weighted by Crippen LogP contribution is 2.41. The van der Waals surface area contributed by atoms with E-state index in [0.29, 0.717) is 22.6 Å². The third kappa shape index (κ3) is 4.37. The van der Waals surface area contributed by atoms with Crippen molar-refractivity contribution in [3.8, 4) is 11.5 Å². The molecule has 1 aliphatic rings. The maximum absolute atomic E-state index is 12.9. The number of nitrogens with zero attached hydrogens (tertiary/aromatic N) is 1. The topological polar surface area (TPSA) is 105 Å². The quantitative estimate of drug-likeness (QED) is 0.401. The third-order valence-corrected chi connectivity index (χ3v) is 5.04. The molecule has 0 aromatic heterocycles. The fraction of sp³-hybridized carbons (Fsp3) is 0.261. The van der Waals surface area contributed by atoms with E-state index in [2.05, 4.69) is 5.32 Å². The summed E-state index contributed by atoms with van der Waals surface area (Å²) in [5.41, 5.74) is 0.969. The van der Waals surface area contributed by atoms with E-state index >= 15 is 0 Å². The summed E-state index contributed by atoms with van der Waals surface area (Å²) in [7, 11) is 2.99. The molecular formula is C23H24N2O6. The predicted octanol–water partition coefficient (Wildman–Crippen LogP) is 2.26. The lowest BCUT2D eigenvalue weighted by Crippen LogP contribution is -2.37. The van der Waals surface area contributed by atoms with E-state index in [-0.39, 0.29) is 30.3 Å². The minimum absolute atomic E-state index is 0.0220. The highest BCUT2D eigenvalue weighted by molar-refractivity contribution is 6.46. The van der Waals surface area contributed by atoms with E-state index in [1.165, 1.54) is 26.0 Å². The Morgan fingerprint density at radius 3 is 2.35 bits per heavy atom. The van der Waals surface area contributed by atoms with Crippen LogP contribution in [0.2, 0.25) is 0 Å². The van der Waals surface area contributed by atoms with Crippen LogP contribution in [-0.2, 0) is 14.4 Å². The van der Waals surface area contributed by atoms with Crippen LogP contribution < -0.4 is 14.8 Å². The Kier molecular flexibility index (Phi) is 6.59. The molecule has 1 aliphatic heterocycles. The van der Waals surface area contributed by atoms with Crippen molar-refractivity contribution < 1.29 is 29.0 Å². The Bertz CT molecular complexity index is 1030. The molecule has 2 amide bonds. The van der Waals surface area contributed by atoms with Crippen LogP contribution in [0.3, 0.4) is 0 Å². The Labute approximate surface area is 180 Å². The van der Waals surface area contributed by atoms with Gasteiger partial charge in [-0.2, -0.15) is 0 Å². The first-order valence-electron chi connectivity index (χ1n) is 9.69. The van der Waals surface area contributed by atoms with Crippen LogP contribution in [0.15, 0.2) is 54.1 Å². The first kappa shape index (κ1) is 21.9. The second-order valence-corrected chi connectivity index (χ2v) is 6.96. The zero-order valence-corrected chi connectivity index (χ0v) is 17.5. The zero-order chi connectivity index (χ0) is 22.5. The molecule has 2 aromatic carbocycles. The first-order chi connectivity index (χ1) is 14.9. The van der Waals surface area contributed by atoms with Crippen LogP contribution in [-0.4, -0.2) is 54.9 Å². The second-order valence-electron chi connectivity index (χ2n) is 6.96. The van der Waals surface area contributed by atoms with Crippen LogP contribution in [0.4, 0.5) is 0 Å². The van der Waals surface area contributed by atoms with Gasteiger partial charge in [0.1, 0.15) is 5.76 Å². The summed E-state index contributed by atoms with van der Waals surface area (Å²) in [6.07, 6.45) is 0. The van der Waals surface area contributed by atoms with Gasteiger partial charge in [-0.05, 0) is 17.7 Å². The number of methoxy groups -OCH3 is 2. The maximum atomic E-state index is 12.9. The number of ketones is 1. The minimum Gasteiger partial charge on any atom is -0.507 e. The number of carbonyl (C=O) groups is 3. The lowest BCUT2D eigenvalue weighted by Gasteiger charge is -2.26. The highest BCUT2D eigenvalue weighted by Gasteiger charge is 2.46. The SMILES string of the molecule is COc1ccc(C2C(=C(O)c3ccccc3)C(=O)C(=O)N2CCNC(C)=O)cc1OC. The van der Waals surface area contributed by atoms with E-state index in [0.717, 1.165) is 0 Å². The third-order valence-electron chi connectivity index (χ3n) is 5.04. The summed E-state index contributed by atoms with van der Waals surface area (Å²) >= 11 is 0. The predicted molar refractivity (Wildman–Crippen MR) is 114 cm³/mol. The van der Waals surface area contributed by atoms with Gasteiger partial charge in [0.25, 0.3) is 11.7 Å². The van der Waals surface area contributed by atoms with Crippen LogP contribution in [0.25, 0.3) is 5.76 Å². The number of benzene rings is 2. The van der Waals surface area contributed by atoms with Crippen molar-refractivity contribution in [2.45, 2.75) is 13.0 Å². The van der Waals surface area contributed by atoms with Crippen LogP contribution in [0, 0.1) is 0 Å². The smallest absolute Gasteiger partial charge is 0.295 e. The van der Waals surface area contributed by atoms with E-state index in [9.17, 15) is 19.5 Å². The average Bonchev–Trinajstić information content (AvgIpc) is 3.03.